The molecule has 1 fully saturated rings. The van der Waals surface area contributed by atoms with Crippen molar-refractivity contribution >= 4 is 13.2 Å². The molecule has 0 radical (unpaired) electrons. The number of hydrogen-bond acceptors (Lipinski definition) is 3. The highest BCUT2D eigenvalue weighted by Crippen LogP contribution is 2.36. The fraction of sp³-hybridized carbons (Fsp3) is 0.667. The molecule has 0 aromatic carbocycles. The van der Waals surface area contributed by atoms with Gasteiger partial charge in [-0.15, -0.1) is 0 Å². The molecule has 1 aliphatic heterocycles. The van der Waals surface area contributed by atoms with Crippen LogP contribution in [0.2, 0.25) is 0 Å². The van der Waals surface area contributed by atoms with Crippen LogP contribution in [0.15, 0.2) is 12.2 Å². The minimum Gasteiger partial charge on any atom is -0.465 e. The lowest BCUT2D eigenvalue weighted by atomic mass is 9.90. The predicted molar refractivity (Wildman–Crippen MR) is 56.4 cm³/mol. The monoisotopic (exact) mass is 213 g/mol. The lowest BCUT2D eigenvalue weighted by Crippen LogP contribution is -2.41. The average molecular weight is 213 g/mol. The summed E-state index contributed by atoms with van der Waals surface area (Å²) in [7, 11) is -0.512. The summed E-state index contributed by atoms with van der Waals surface area (Å²) in [5.41, 5.74) is -0.795. The molecule has 5 nitrogen and oxygen atoms in total. The van der Waals surface area contributed by atoms with Gasteiger partial charge < -0.3 is 14.4 Å². The van der Waals surface area contributed by atoms with E-state index in [-0.39, 0.29) is 0 Å². The van der Waals surface area contributed by atoms with Crippen molar-refractivity contribution in [1.29, 1.82) is 0 Å². The highest BCUT2D eigenvalue weighted by molar-refractivity contribution is 6.51. The number of carbonyl (C=O) groups is 1. The van der Waals surface area contributed by atoms with Crippen LogP contribution in [0.4, 0.5) is 4.79 Å². The van der Waals surface area contributed by atoms with Gasteiger partial charge in [-0.2, -0.15) is 0 Å². The maximum absolute atomic E-state index is 10.2. The molecule has 0 aromatic heterocycles. The van der Waals surface area contributed by atoms with E-state index in [0.29, 0.717) is 0 Å². The van der Waals surface area contributed by atoms with Gasteiger partial charge in [0.05, 0.1) is 11.2 Å². The van der Waals surface area contributed by atoms with Gasteiger partial charge in [-0.1, -0.05) is 0 Å². The Labute approximate surface area is 89.6 Å². The van der Waals surface area contributed by atoms with Gasteiger partial charge in [-0.25, -0.2) is 4.79 Å². The van der Waals surface area contributed by atoms with Crippen LogP contribution < -0.4 is 5.32 Å². The van der Waals surface area contributed by atoms with Crippen molar-refractivity contribution in [2.24, 2.45) is 0 Å². The Morgan fingerprint density at radius 1 is 1.27 bits per heavy atom. The number of carboxylic acid groups (broad SMARTS) is 1. The molecule has 1 heterocycles. The molecule has 84 valence electrons. The summed E-state index contributed by atoms with van der Waals surface area (Å²) in [4.78, 5) is 10.2. The molecule has 1 rings (SSSR count). The first-order valence-corrected chi connectivity index (χ1v) is 4.76. The molecule has 6 heteroatoms. The fourth-order valence-corrected chi connectivity index (χ4v) is 1.17. The maximum atomic E-state index is 10.2. The summed E-state index contributed by atoms with van der Waals surface area (Å²) in [6, 6.07) is 0. The van der Waals surface area contributed by atoms with E-state index in [1.54, 1.807) is 0 Å². The molecule has 0 aliphatic carbocycles. The topological polar surface area (TPSA) is 67.8 Å². The van der Waals surface area contributed by atoms with Crippen molar-refractivity contribution in [3.8, 4) is 0 Å². The Balaban J connectivity index is 2.56. The van der Waals surface area contributed by atoms with Crippen LogP contribution in [0.25, 0.3) is 0 Å². The summed E-state index contributed by atoms with van der Waals surface area (Å²) in [5, 5.41) is 10.5. The molecule has 15 heavy (non-hydrogen) atoms. The van der Waals surface area contributed by atoms with E-state index in [1.165, 1.54) is 12.2 Å². The Bertz CT molecular complexity index is 272. The second-order valence-corrected chi connectivity index (χ2v) is 4.43. The van der Waals surface area contributed by atoms with E-state index in [9.17, 15) is 4.79 Å². The Morgan fingerprint density at radius 3 is 2.13 bits per heavy atom. The van der Waals surface area contributed by atoms with Crippen LogP contribution in [0.1, 0.15) is 27.7 Å². The molecule has 0 aromatic rings. The normalized spacial score (nSPS) is 23.3. The van der Waals surface area contributed by atoms with E-state index >= 15 is 0 Å². The van der Waals surface area contributed by atoms with Crippen LogP contribution in [0, 0.1) is 0 Å². The quantitative estimate of drug-likeness (QED) is 0.680. The van der Waals surface area contributed by atoms with Crippen molar-refractivity contribution in [2.45, 2.75) is 38.9 Å². The summed E-state index contributed by atoms with van der Waals surface area (Å²) < 4.78 is 11.2. The number of nitrogens with one attached hydrogen (secondary N) is 1. The number of rotatable bonds is 2. The van der Waals surface area contributed by atoms with Crippen molar-refractivity contribution in [3.63, 3.8) is 0 Å². The summed E-state index contributed by atoms with van der Waals surface area (Å²) in [6.45, 7) is 7.74. The van der Waals surface area contributed by atoms with Crippen molar-refractivity contribution in [3.05, 3.63) is 12.2 Å². The lowest BCUT2D eigenvalue weighted by molar-refractivity contribution is 0.00578. The minimum absolute atomic E-state index is 0.398. The van der Waals surface area contributed by atoms with Gasteiger partial charge in [0.25, 0.3) is 0 Å². The van der Waals surface area contributed by atoms with E-state index < -0.39 is 24.4 Å². The predicted octanol–water partition coefficient (Wildman–Crippen LogP) is 1.40. The van der Waals surface area contributed by atoms with Gasteiger partial charge in [-0.3, -0.25) is 5.32 Å². The van der Waals surface area contributed by atoms with E-state index in [4.69, 9.17) is 14.4 Å². The first kappa shape index (κ1) is 12.1. The van der Waals surface area contributed by atoms with Gasteiger partial charge in [0.2, 0.25) is 0 Å². The van der Waals surface area contributed by atoms with E-state index in [1.807, 2.05) is 27.7 Å². The number of hydrogen-bond donors (Lipinski definition) is 2. The SMILES string of the molecule is CC1(C)OB(C=CNC(=O)O)OC1(C)C. The van der Waals surface area contributed by atoms with Crippen LogP contribution >= 0.6 is 0 Å². The van der Waals surface area contributed by atoms with Crippen molar-refractivity contribution in [1.82, 2.24) is 5.32 Å². The summed E-state index contributed by atoms with van der Waals surface area (Å²) >= 11 is 0. The zero-order valence-corrected chi connectivity index (χ0v) is 9.40. The zero-order valence-electron chi connectivity index (χ0n) is 9.40. The highest BCUT2D eigenvalue weighted by Gasteiger charge is 2.50. The summed E-state index contributed by atoms with van der Waals surface area (Å²) in [6.07, 6.45) is 0.188. The van der Waals surface area contributed by atoms with Gasteiger partial charge >= 0.3 is 13.2 Å². The van der Waals surface area contributed by atoms with Crippen LogP contribution in [-0.2, 0) is 9.31 Å². The molecule has 1 aliphatic rings. The molecular weight excluding hydrogens is 197 g/mol. The summed E-state index contributed by atoms with van der Waals surface area (Å²) in [5.74, 6) is 1.53. The molecule has 0 atom stereocenters. The van der Waals surface area contributed by atoms with Gasteiger partial charge in [0.1, 0.15) is 0 Å². The Kier molecular flexibility index (Phi) is 3.11. The second-order valence-electron chi connectivity index (χ2n) is 4.43. The largest absolute Gasteiger partial charge is 0.488 e. The zero-order chi connectivity index (χ0) is 11.7. The lowest BCUT2D eigenvalue weighted by Gasteiger charge is -2.32. The van der Waals surface area contributed by atoms with Crippen LogP contribution in [-0.4, -0.2) is 29.5 Å². The van der Waals surface area contributed by atoms with E-state index in [2.05, 4.69) is 5.32 Å². The second kappa shape index (κ2) is 3.86. The van der Waals surface area contributed by atoms with Gasteiger partial charge in [0, 0.05) is 0 Å². The fourth-order valence-electron chi connectivity index (χ4n) is 1.17. The Morgan fingerprint density at radius 2 is 1.73 bits per heavy atom. The van der Waals surface area contributed by atoms with E-state index in [0.717, 1.165) is 0 Å². The number of amides is 1. The average Bonchev–Trinajstić information content (AvgIpc) is 2.19. The third-order valence-corrected chi connectivity index (χ3v) is 2.73. The van der Waals surface area contributed by atoms with Gasteiger partial charge in [0.15, 0.2) is 0 Å². The highest BCUT2D eigenvalue weighted by atomic mass is 16.7. The van der Waals surface area contributed by atoms with Gasteiger partial charge in [-0.05, 0) is 39.9 Å². The van der Waals surface area contributed by atoms with Crippen LogP contribution in [0.5, 0.6) is 0 Å². The molecule has 2 N–H and O–H groups in total. The van der Waals surface area contributed by atoms with Crippen molar-refractivity contribution < 1.29 is 19.2 Å². The molecule has 0 saturated carbocycles. The molecule has 0 unspecified atom stereocenters. The minimum atomic E-state index is -1.11. The third kappa shape index (κ3) is 2.73. The smallest absolute Gasteiger partial charge is 0.465 e. The van der Waals surface area contributed by atoms with Crippen molar-refractivity contribution in [2.75, 3.05) is 0 Å². The maximum Gasteiger partial charge on any atom is 0.488 e. The first-order valence-electron chi connectivity index (χ1n) is 4.76. The molecule has 0 spiro atoms. The molecule has 1 saturated heterocycles. The Hall–Kier alpha value is -1.01. The standard InChI is InChI=1S/C9H16BNO4/c1-8(2)9(3,4)15-10(14-8)5-6-11-7(12)13/h5-6,11H,1-4H3,(H,12,13). The molecule has 1 amide bonds. The molecular formula is C9H16BNO4. The third-order valence-electron chi connectivity index (χ3n) is 2.73. The first-order chi connectivity index (χ1) is 6.74. The molecule has 0 bridgehead atoms. The van der Waals surface area contributed by atoms with Crippen LogP contribution in [0.3, 0.4) is 0 Å².